The minimum atomic E-state index is -0.677. The molecule has 0 radical (unpaired) electrons. The molecular formula is C15H13ClO4. The van der Waals surface area contributed by atoms with Gasteiger partial charge < -0.3 is 14.6 Å². The van der Waals surface area contributed by atoms with Gasteiger partial charge in [-0.1, -0.05) is 30.3 Å². The number of halogens is 1. The van der Waals surface area contributed by atoms with Crippen LogP contribution in [-0.2, 0) is 4.74 Å². The minimum Gasteiger partial charge on any atom is -0.507 e. The average Bonchev–Trinajstić information content (AvgIpc) is 2.44. The van der Waals surface area contributed by atoms with E-state index in [2.05, 4.69) is 11.3 Å². The Bertz CT molecular complexity index is 679. The Morgan fingerprint density at radius 3 is 2.85 bits per heavy atom. The first kappa shape index (κ1) is 14.2. The van der Waals surface area contributed by atoms with Crippen molar-refractivity contribution in [3.05, 3.63) is 47.5 Å². The van der Waals surface area contributed by atoms with Crippen LogP contribution in [-0.4, -0.2) is 24.8 Å². The summed E-state index contributed by atoms with van der Waals surface area (Å²) in [4.78, 5) is 11.8. The van der Waals surface area contributed by atoms with Gasteiger partial charge in [0.2, 0.25) is 0 Å². The number of aromatic hydroxyl groups is 1. The highest BCUT2D eigenvalue weighted by Gasteiger charge is 2.21. The van der Waals surface area contributed by atoms with Gasteiger partial charge in [-0.15, -0.1) is 0 Å². The molecule has 0 bridgehead atoms. The van der Waals surface area contributed by atoms with Gasteiger partial charge in [0, 0.05) is 10.4 Å². The zero-order valence-electron chi connectivity index (χ0n) is 10.9. The van der Waals surface area contributed by atoms with Gasteiger partial charge in [-0.05, 0) is 23.6 Å². The molecule has 2 aromatic carbocycles. The molecule has 0 heterocycles. The van der Waals surface area contributed by atoms with E-state index in [0.717, 1.165) is 0 Å². The highest BCUT2D eigenvalue weighted by molar-refractivity contribution is 6.31. The SMILES string of the molecule is C=CCOc1c(C(=O)OC)c(O)cc2ccc(Cl)cc12. The lowest BCUT2D eigenvalue weighted by Crippen LogP contribution is -2.07. The molecular weight excluding hydrogens is 280 g/mol. The van der Waals surface area contributed by atoms with Crippen LogP contribution < -0.4 is 4.74 Å². The topological polar surface area (TPSA) is 55.8 Å². The molecule has 0 unspecified atom stereocenters. The number of hydrogen-bond donors (Lipinski definition) is 1. The maximum Gasteiger partial charge on any atom is 0.345 e. The van der Waals surface area contributed by atoms with Gasteiger partial charge in [-0.25, -0.2) is 4.79 Å². The Morgan fingerprint density at radius 2 is 2.20 bits per heavy atom. The molecule has 1 N–H and O–H groups in total. The number of carbonyl (C=O) groups excluding carboxylic acids is 1. The molecule has 0 aliphatic rings. The van der Waals surface area contributed by atoms with Crippen LogP contribution in [0.2, 0.25) is 5.02 Å². The Kier molecular flexibility index (Phi) is 4.15. The van der Waals surface area contributed by atoms with E-state index in [1.165, 1.54) is 13.2 Å². The molecule has 2 aromatic rings. The van der Waals surface area contributed by atoms with Gasteiger partial charge in [0.05, 0.1) is 7.11 Å². The lowest BCUT2D eigenvalue weighted by atomic mass is 10.0. The normalized spacial score (nSPS) is 10.3. The summed E-state index contributed by atoms with van der Waals surface area (Å²) in [7, 11) is 1.24. The molecule has 0 saturated carbocycles. The van der Waals surface area contributed by atoms with Gasteiger partial charge in [0.1, 0.15) is 23.7 Å². The van der Waals surface area contributed by atoms with Crippen molar-refractivity contribution >= 4 is 28.3 Å². The summed E-state index contributed by atoms with van der Waals surface area (Å²) in [5.41, 5.74) is -0.0240. The molecule has 104 valence electrons. The van der Waals surface area contributed by atoms with Crippen molar-refractivity contribution in [3.63, 3.8) is 0 Å². The van der Waals surface area contributed by atoms with Crippen molar-refractivity contribution in [1.29, 1.82) is 0 Å². The minimum absolute atomic E-state index is 0.0240. The maximum absolute atomic E-state index is 11.8. The second-order valence-electron chi connectivity index (χ2n) is 4.06. The van der Waals surface area contributed by atoms with Gasteiger partial charge >= 0.3 is 5.97 Å². The first-order valence-corrected chi connectivity index (χ1v) is 6.23. The molecule has 20 heavy (non-hydrogen) atoms. The number of phenolic OH excluding ortho intramolecular Hbond substituents is 1. The number of hydrogen-bond acceptors (Lipinski definition) is 4. The standard InChI is InChI=1S/C15H13ClO4/c1-3-6-20-14-11-8-10(16)5-4-9(11)7-12(17)13(14)15(18)19-2/h3-5,7-8,17H,1,6H2,2H3. The number of carbonyl (C=O) groups is 1. The molecule has 2 rings (SSSR count). The summed E-state index contributed by atoms with van der Waals surface area (Å²) in [6, 6.07) is 6.57. The van der Waals surface area contributed by atoms with Gasteiger partial charge in [0.25, 0.3) is 0 Å². The summed E-state index contributed by atoms with van der Waals surface area (Å²) in [6.45, 7) is 3.75. The van der Waals surface area contributed by atoms with Crippen LogP contribution in [0.5, 0.6) is 11.5 Å². The molecule has 5 heteroatoms. The van der Waals surface area contributed by atoms with Crippen LogP contribution >= 0.6 is 11.6 Å². The van der Waals surface area contributed by atoms with Crippen molar-refractivity contribution in [1.82, 2.24) is 0 Å². The summed E-state index contributed by atoms with van der Waals surface area (Å²) < 4.78 is 10.2. The number of esters is 1. The molecule has 0 aromatic heterocycles. The monoisotopic (exact) mass is 292 g/mol. The fraction of sp³-hybridized carbons (Fsp3) is 0.133. The third-order valence-electron chi connectivity index (χ3n) is 2.77. The number of fused-ring (bicyclic) bond motifs is 1. The van der Waals surface area contributed by atoms with Crippen LogP contribution in [0.1, 0.15) is 10.4 Å². The first-order valence-electron chi connectivity index (χ1n) is 5.85. The molecule has 0 spiro atoms. The zero-order chi connectivity index (χ0) is 14.7. The number of phenols is 1. The summed E-state index contributed by atoms with van der Waals surface area (Å²) in [5.74, 6) is -0.650. The lowest BCUT2D eigenvalue weighted by Gasteiger charge is -2.14. The van der Waals surface area contributed by atoms with E-state index in [1.54, 1.807) is 24.3 Å². The molecule has 0 saturated heterocycles. The maximum atomic E-state index is 11.8. The summed E-state index contributed by atoms with van der Waals surface area (Å²) >= 11 is 5.98. The average molecular weight is 293 g/mol. The fourth-order valence-electron chi connectivity index (χ4n) is 1.91. The smallest absolute Gasteiger partial charge is 0.345 e. The summed E-state index contributed by atoms with van der Waals surface area (Å²) in [6.07, 6.45) is 1.54. The number of methoxy groups -OCH3 is 1. The Labute approximate surface area is 121 Å². The van der Waals surface area contributed by atoms with Crippen molar-refractivity contribution in [2.24, 2.45) is 0 Å². The second-order valence-corrected chi connectivity index (χ2v) is 4.49. The van der Waals surface area contributed by atoms with Crippen LogP contribution in [0.15, 0.2) is 36.9 Å². The Balaban J connectivity index is 2.77. The predicted molar refractivity (Wildman–Crippen MR) is 77.7 cm³/mol. The van der Waals surface area contributed by atoms with Crippen LogP contribution in [0, 0.1) is 0 Å². The van der Waals surface area contributed by atoms with Crippen LogP contribution in [0.4, 0.5) is 0 Å². The Hall–Kier alpha value is -2.20. The molecule has 0 aliphatic heterocycles. The van der Waals surface area contributed by atoms with Crippen LogP contribution in [0.25, 0.3) is 10.8 Å². The highest BCUT2D eigenvalue weighted by Crippen LogP contribution is 2.38. The molecule has 0 aliphatic carbocycles. The molecule has 0 fully saturated rings. The molecule has 4 nitrogen and oxygen atoms in total. The van der Waals surface area contributed by atoms with Crippen LogP contribution in [0.3, 0.4) is 0 Å². The van der Waals surface area contributed by atoms with Crippen molar-refractivity contribution in [2.75, 3.05) is 13.7 Å². The quantitative estimate of drug-likeness (QED) is 0.691. The lowest BCUT2D eigenvalue weighted by molar-refractivity contribution is 0.0593. The first-order chi connectivity index (χ1) is 9.58. The highest BCUT2D eigenvalue weighted by atomic mass is 35.5. The molecule has 0 amide bonds. The van der Waals surface area contributed by atoms with E-state index < -0.39 is 5.97 Å². The van der Waals surface area contributed by atoms with E-state index in [-0.39, 0.29) is 23.7 Å². The second kappa shape index (κ2) is 5.84. The van der Waals surface area contributed by atoms with Gasteiger partial charge in [-0.3, -0.25) is 0 Å². The van der Waals surface area contributed by atoms with E-state index >= 15 is 0 Å². The molecule has 0 atom stereocenters. The third kappa shape index (κ3) is 2.56. The predicted octanol–water partition coefficient (Wildman–Crippen LogP) is 3.55. The Morgan fingerprint density at radius 1 is 1.45 bits per heavy atom. The van der Waals surface area contributed by atoms with Gasteiger partial charge in [0.15, 0.2) is 0 Å². The van der Waals surface area contributed by atoms with E-state index in [4.69, 9.17) is 16.3 Å². The number of benzene rings is 2. The summed E-state index contributed by atoms with van der Waals surface area (Å²) in [5, 5.41) is 11.9. The van der Waals surface area contributed by atoms with Crippen molar-refractivity contribution in [2.45, 2.75) is 0 Å². The number of ether oxygens (including phenoxy) is 2. The zero-order valence-corrected chi connectivity index (χ0v) is 11.6. The van der Waals surface area contributed by atoms with E-state index in [1.807, 2.05) is 0 Å². The van der Waals surface area contributed by atoms with E-state index in [9.17, 15) is 9.90 Å². The largest absolute Gasteiger partial charge is 0.507 e. The fourth-order valence-corrected chi connectivity index (χ4v) is 2.09. The van der Waals surface area contributed by atoms with Gasteiger partial charge in [-0.2, -0.15) is 0 Å². The number of rotatable bonds is 4. The van der Waals surface area contributed by atoms with Crippen molar-refractivity contribution in [3.8, 4) is 11.5 Å². The van der Waals surface area contributed by atoms with E-state index in [0.29, 0.717) is 15.8 Å². The third-order valence-corrected chi connectivity index (χ3v) is 3.01. The van der Waals surface area contributed by atoms with Crippen molar-refractivity contribution < 1.29 is 19.4 Å².